The first-order chi connectivity index (χ1) is 9.80. The Morgan fingerprint density at radius 3 is 2.90 bits per heavy atom. The largest absolute Gasteiger partial charge is 0.309 e. The number of likely N-dealkylation sites (N-methyl/N-ethyl adjacent to an activating group) is 1. The van der Waals surface area contributed by atoms with Crippen LogP contribution in [0.5, 0.6) is 0 Å². The second-order valence-electron chi connectivity index (χ2n) is 4.88. The van der Waals surface area contributed by atoms with Gasteiger partial charge in [-0.15, -0.1) is 11.3 Å². The van der Waals surface area contributed by atoms with E-state index in [1.807, 2.05) is 16.0 Å². The molecule has 110 valence electrons. The molecule has 4 nitrogen and oxygen atoms in total. The van der Waals surface area contributed by atoms with Crippen molar-refractivity contribution in [3.05, 3.63) is 34.0 Å². The summed E-state index contributed by atoms with van der Waals surface area (Å²) in [5.41, 5.74) is 1.45. The van der Waals surface area contributed by atoms with Gasteiger partial charge in [0.15, 0.2) is 0 Å². The predicted octanol–water partition coefficient (Wildman–Crippen LogP) is 3.21. The van der Waals surface area contributed by atoms with Gasteiger partial charge in [-0.3, -0.25) is 4.68 Å². The number of hydrogen-bond donors (Lipinski definition) is 1. The lowest BCUT2D eigenvalue weighted by Crippen LogP contribution is -2.24. The molecule has 2 aromatic heterocycles. The average molecular weight is 292 g/mol. The van der Waals surface area contributed by atoms with Crippen LogP contribution in [-0.4, -0.2) is 21.3 Å². The summed E-state index contributed by atoms with van der Waals surface area (Å²) in [5.74, 6) is 1.08. The fraction of sp³-hybridized carbons (Fsp3) is 0.600. The summed E-state index contributed by atoms with van der Waals surface area (Å²) in [6.45, 7) is 8.45. The van der Waals surface area contributed by atoms with E-state index in [4.69, 9.17) is 0 Å². The standard InChI is InChI=1S/C15H24N4S/c1-4-8-19-14(17-11-18-19)10-13(16-6-3)15-12(5-2)7-9-20-15/h7,9,11,13,16H,4-6,8,10H2,1-3H3. The first kappa shape index (κ1) is 15.2. The zero-order chi connectivity index (χ0) is 14.4. The Kier molecular flexibility index (Phi) is 5.73. The fourth-order valence-corrected chi connectivity index (χ4v) is 3.55. The van der Waals surface area contributed by atoms with E-state index < -0.39 is 0 Å². The van der Waals surface area contributed by atoms with Gasteiger partial charge in [0.25, 0.3) is 0 Å². The molecule has 0 aliphatic carbocycles. The molecule has 0 fully saturated rings. The molecule has 0 aromatic carbocycles. The minimum Gasteiger partial charge on any atom is -0.309 e. The molecule has 2 heterocycles. The SMILES string of the molecule is CCCn1ncnc1CC(NCC)c1sccc1CC. The normalized spacial score (nSPS) is 12.8. The Morgan fingerprint density at radius 1 is 1.35 bits per heavy atom. The van der Waals surface area contributed by atoms with E-state index in [1.54, 1.807) is 6.33 Å². The molecule has 2 rings (SSSR count). The topological polar surface area (TPSA) is 42.7 Å². The lowest BCUT2D eigenvalue weighted by molar-refractivity contribution is 0.501. The van der Waals surface area contributed by atoms with Gasteiger partial charge in [-0.2, -0.15) is 5.10 Å². The Morgan fingerprint density at radius 2 is 2.20 bits per heavy atom. The minimum absolute atomic E-state index is 0.342. The van der Waals surface area contributed by atoms with Gasteiger partial charge in [0.05, 0.1) is 0 Å². The molecule has 0 spiro atoms. The highest BCUT2D eigenvalue weighted by molar-refractivity contribution is 7.10. The van der Waals surface area contributed by atoms with E-state index in [9.17, 15) is 0 Å². The zero-order valence-corrected chi connectivity index (χ0v) is 13.4. The maximum atomic E-state index is 4.44. The third kappa shape index (κ3) is 3.46. The van der Waals surface area contributed by atoms with Gasteiger partial charge < -0.3 is 5.32 Å². The van der Waals surface area contributed by atoms with E-state index in [0.29, 0.717) is 6.04 Å². The summed E-state index contributed by atoms with van der Waals surface area (Å²) < 4.78 is 2.03. The molecule has 1 N–H and O–H groups in total. The maximum absolute atomic E-state index is 4.44. The second-order valence-corrected chi connectivity index (χ2v) is 5.83. The van der Waals surface area contributed by atoms with Gasteiger partial charge in [0.1, 0.15) is 12.2 Å². The van der Waals surface area contributed by atoms with E-state index in [1.165, 1.54) is 10.4 Å². The van der Waals surface area contributed by atoms with Crippen molar-refractivity contribution >= 4 is 11.3 Å². The lowest BCUT2D eigenvalue weighted by atomic mass is 10.1. The van der Waals surface area contributed by atoms with Crippen LogP contribution in [0, 0.1) is 0 Å². The van der Waals surface area contributed by atoms with Gasteiger partial charge in [0.2, 0.25) is 0 Å². The van der Waals surface area contributed by atoms with Crippen molar-refractivity contribution in [2.75, 3.05) is 6.54 Å². The van der Waals surface area contributed by atoms with Gasteiger partial charge >= 0.3 is 0 Å². The highest BCUT2D eigenvalue weighted by atomic mass is 32.1. The highest BCUT2D eigenvalue weighted by Gasteiger charge is 2.18. The molecule has 2 aromatic rings. The average Bonchev–Trinajstić information content (AvgIpc) is 3.08. The van der Waals surface area contributed by atoms with Crippen molar-refractivity contribution in [3.63, 3.8) is 0 Å². The maximum Gasteiger partial charge on any atom is 0.138 e. The quantitative estimate of drug-likeness (QED) is 0.812. The van der Waals surface area contributed by atoms with Crippen LogP contribution in [0.1, 0.15) is 49.5 Å². The lowest BCUT2D eigenvalue weighted by Gasteiger charge is -2.18. The van der Waals surface area contributed by atoms with Crippen molar-refractivity contribution in [2.24, 2.45) is 0 Å². The van der Waals surface area contributed by atoms with E-state index in [0.717, 1.165) is 38.2 Å². The summed E-state index contributed by atoms with van der Waals surface area (Å²) in [7, 11) is 0. The van der Waals surface area contributed by atoms with Crippen LogP contribution >= 0.6 is 11.3 Å². The Labute approximate surface area is 125 Å². The number of hydrogen-bond acceptors (Lipinski definition) is 4. The summed E-state index contributed by atoms with van der Waals surface area (Å²) in [6, 6.07) is 2.58. The van der Waals surface area contributed by atoms with Crippen LogP contribution in [0.2, 0.25) is 0 Å². The molecule has 0 saturated carbocycles. The number of thiophene rings is 1. The smallest absolute Gasteiger partial charge is 0.138 e. The fourth-order valence-electron chi connectivity index (χ4n) is 2.48. The predicted molar refractivity (Wildman–Crippen MR) is 84.1 cm³/mol. The van der Waals surface area contributed by atoms with Crippen molar-refractivity contribution in [1.29, 1.82) is 0 Å². The number of aryl methyl sites for hydroxylation is 2. The van der Waals surface area contributed by atoms with Crippen LogP contribution in [0.15, 0.2) is 17.8 Å². The zero-order valence-electron chi connectivity index (χ0n) is 12.6. The minimum atomic E-state index is 0.342. The summed E-state index contributed by atoms with van der Waals surface area (Å²) in [4.78, 5) is 5.88. The first-order valence-corrected chi connectivity index (χ1v) is 8.34. The van der Waals surface area contributed by atoms with Crippen LogP contribution in [0.25, 0.3) is 0 Å². The van der Waals surface area contributed by atoms with Gasteiger partial charge in [0, 0.05) is 23.9 Å². The molecule has 0 aliphatic heterocycles. The highest BCUT2D eigenvalue weighted by Crippen LogP contribution is 2.27. The van der Waals surface area contributed by atoms with Crippen LogP contribution < -0.4 is 5.32 Å². The number of rotatable bonds is 8. The Bertz CT molecular complexity index is 517. The molecular formula is C15H24N4S. The molecule has 0 radical (unpaired) electrons. The number of nitrogens with zero attached hydrogens (tertiary/aromatic N) is 3. The van der Waals surface area contributed by atoms with Crippen LogP contribution in [-0.2, 0) is 19.4 Å². The number of aromatic nitrogens is 3. The van der Waals surface area contributed by atoms with Crippen LogP contribution in [0.4, 0.5) is 0 Å². The van der Waals surface area contributed by atoms with E-state index in [2.05, 4.69) is 47.6 Å². The summed E-state index contributed by atoms with van der Waals surface area (Å²) in [5, 5.41) is 10.1. The summed E-state index contributed by atoms with van der Waals surface area (Å²) >= 11 is 1.84. The molecule has 0 amide bonds. The van der Waals surface area contributed by atoms with E-state index >= 15 is 0 Å². The van der Waals surface area contributed by atoms with Crippen molar-refractivity contribution in [3.8, 4) is 0 Å². The Hall–Kier alpha value is -1.20. The summed E-state index contributed by atoms with van der Waals surface area (Å²) in [6.07, 6.45) is 4.74. The molecule has 1 atom stereocenters. The Balaban J connectivity index is 2.19. The van der Waals surface area contributed by atoms with Gasteiger partial charge in [-0.05, 0) is 36.4 Å². The molecule has 0 aliphatic rings. The molecule has 20 heavy (non-hydrogen) atoms. The monoisotopic (exact) mass is 292 g/mol. The molecule has 5 heteroatoms. The molecular weight excluding hydrogens is 268 g/mol. The molecule has 0 saturated heterocycles. The van der Waals surface area contributed by atoms with Gasteiger partial charge in [-0.25, -0.2) is 4.98 Å². The van der Waals surface area contributed by atoms with Crippen molar-refractivity contribution in [1.82, 2.24) is 20.1 Å². The van der Waals surface area contributed by atoms with E-state index in [-0.39, 0.29) is 0 Å². The number of nitrogens with one attached hydrogen (secondary N) is 1. The molecule has 0 bridgehead atoms. The third-order valence-corrected chi connectivity index (χ3v) is 4.52. The first-order valence-electron chi connectivity index (χ1n) is 7.46. The van der Waals surface area contributed by atoms with Crippen molar-refractivity contribution < 1.29 is 0 Å². The van der Waals surface area contributed by atoms with Gasteiger partial charge in [-0.1, -0.05) is 20.8 Å². The van der Waals surface area contributed by atoms with Crippen molar-refractivity contribution in [2.45, 2.75) is 52.6 Å². The third-order valence-electron chi connectivity index (χ3n) is 3.45. The second kappa shape index (κ2) is 7.55. The van der Waals surface area contributed by atoms with Crippen LogP contribution in [0.3, 0.4) is 0 Å². The molecule has 1 unspecified atom stereocenters.